The van der Waals surface area contributed by atoms with Crippen LogP contribution < -0.4 is 4.90 Å². The molecule has 0 aliphatic carbocycles. The first-order valence-electron chi connectivity index (χ1n) is 7.88. The van der Waals surface area contributed by atoms with E-state index in [9.17, 15) is 0 Å². The fraction of sp³-hybridized carbons (Fsp3) is 0.353. The van der Waals surface area contributed by atoms with E-state index < -0.39 is 0 Å². The molecule has 3 heterocycles. The molecule has 1 aliphatic heterocycles. The Balaban J connectivity index is 1.77. The van der Waals surface area contributed by atoms with Gasteiger partial charge in [-0.15, -0.1) is 0 Å². The van der Waals surface area contributed by atoms with Gasteiger partial charge in [0.15, 0.2) is 5.58 Å². The number of ether oxygens (including phenoxy) is 1. The number of aromatic nitrogens is 3. The van der Waals surface area contributed by atoms with Crippen molar-refractivity contribution in [3.05, 3.63) is 35.7 Å². The Morgan fingerprint density at radius 3 is 2.67 bits per heavy atom. The SMILES string of the molecule is C[C@@H]1CN(c2ccc3c(-c4ccncn4)noc3c2Cl)C[C@H](C)O1. The second-order valence-corrected chi connectivity index (χ2v) is 6.44. The molecule has 0 saturated carbocycles. The Bertz CT molecular complexity index is 858. The molecule has 0 radical (unpaired) electrons. The minimum Gasteiger partial charge on any atom is -0.372 e. The second kappa shape index (κ2) is 6.03. The van der Waals surface area contributed by atoms with Gasteiger partial charge in [0.2, 0.25) is 0 Å². The van der Waals surface area contributed by atoms with Crippen molar-refractivity contribution in [3.8, 4) is 11.4 Å². The summed E-state index contributed by atoms with van der Waals surface area (Å²) in [6.07, 6.45) is 3.48. The maximum Gasteiger partial charge on any atom is 0.188 e. The minimum absolute atomic E-state index is 0.159. The highest BCUT2D eigenvalue weighted by Crippen LogP contribution is 2.38. The van der Waals surface area contributed by atoms with Gasteiger partial charge >= 0.3 is 0 Å². The van der Waals surface area contributed by atoms with Crippen LogP contribution >= 0.6 is 11.6 Å². The van der Waals surface area contributed by atoms with Crippen LogP contribution in [0.4, 0.5) is 5.69 Å². The number of fused-ring (bicyclic) bond motifs is 1. The third-order valence-electron chi connectivity index (χ3n) is 4.14. The van der Waals surface area contributed by atoms with Crippen molar-refractivity contribution in [2.75, 3.05) is 18.0 Å². The van der Waals surface area contributed by atoms with E-state index in [1.165, 1.54) is 6.33 Å². The molecule has 0 bridgehead atoms. The lowest BCUT2D eigenvalue weighted by molar-refractivity contribution is -0.00520. The van der Waals surface area contributed by atoms with Gasteiger partial charge in [-0.05, 0) is 32.0 Å². The van der Waals surface area contributed by atoms with Crippen molar-refractivity contribution in [1.82, 2.24) is 15.1 Å². The van der Waals surface area contributed by atoms with Gasteiger partial charge in [0.25, 0.3) is 0 Å². The van der Waals surface area contributed by atoms with E-state index in [0.29, 0.717) is 22.0 Å². The molecular weight excluding hydrogens is 328 g/mol. The highest BCUT2D eigenvalue weighted by atomic mass is 35.5. The molecule has 24 heavy (non-hydrogen) atoms. The van der Waals surface area contributed by atoms with E-state index in [1.54, 1.807) is 12.3 Å². The summed E-state index contributed by atoms with van der Waals surface area (Å²) >= 11 is 6.62. The minimum atomic E-state index is 0.159. The van der Waals surface area contributed by atoms with E-state index in [4.69, 9.17) is 20.9 Å². The zero-order chi connectivity index (χ0) is 16.7. The molecule has 124 valence electrons. The van der Waals surface area contributed by atoms with Crippen LogP contribution in [0.15, 0.2) is 35.2 Å². The quantitative estimate of drug-likeness (QED) is 0.708. The fourth-order valence-corrected chi connectivity index (χ4v) is 3.52. The summed E-state index contributed by atoms with van der Waals surface area (Å²) in [5.41, 5.74) is 2.90. The number of morpholine rings is 1. The molecular formula is C17H17ClN4O2. The maximum absolute atomic E-state index is 6.62. The van der Waals surface area contributed by atoms with E-state index >= 15 is 0 Å². The molecule has 3 aromatic rings. The van der Waals surface area contributed by atoms with E-state index in [-0.39, 0.29) is 12.2 Å². The molecule has 1 aliphatic rings. The normalized spacial score (nSPS) is 21.4. The third-order valence-corrected chi connectivity index (χ3v) is 4.51. The van der Waals surface area contributed by atoms with Gasteiger partial charge in [-0.1, -0.05) is 16.8 Å². The predicted octanol–water partition coefficient (Wildman–Crippen LogP) is 3.55. The van der Waals surface area contributed by atoms with Crippen molar-refractivity contribution >= 4 is 28.3 Å². The molecule has 0 spiro atoms. The van der Waals surface area contributed by atoms with Gasteiger partial charge in [-0.25, -0.2) is 9.97 Å². The predicted molar refractivity (Wildman–Crippen MR) is 92.3 cm³/mol. The van der Waals surface area contributed by atoms with Gasteiger partial charge in [-0.3, -0.25) is 0 Å². The highest BCUT2D eigenvalue weighted by molar-refractivity contribution is 6.37. The Labute approximate surface area is 144 Å². The lowest BCUT2D eigenvalue weighted by Gasteiger charge is -2.37. The number of rotatable bonds is 2. The van der Waals surface area contributed by atoms with Crippen molar-refractivity contribution in [1.29, 1.82) is 0 Å². The molecule has 0 unspecified atom stereocenters. The average molecular weight is 345 g/mol. The van der Waals surface area contributed by atoms with Crippen LogP contribution in [-0.2, 0) is 4.74 Å². The standard InChI is InChI=1S/C17H17ClN4O2/c1-10-7-22(8-11(2)23-10)14-4-3-12-16(13-5-6-19-9-20-13)21-24-17(12)15(14)18/h3-6,9-11H,7-8H2,1-2H3/t10-,11+. The third kappa shape index (κ3) is 2.61. The first-order valence-corrected chi connectivity index (χ1v) is 8.26. The van der Waals surface area contributed by atoms with E-state index in [0.717, 1.165) is 24.2 Å². The van der Waals surface area contributed by atoms with Gasteiger partial charge < -0.3 is 14.2 Å². The first kappa shape index (κ1) is 15.4. The molecule has 2 aromatic heterocycles. The summed E-state index contributed by atoms with van der Waals surface area (Å²) in [6.45, 7) is 5.72. The molecule has 0 N–H and O–H groups in total. The van der Waals surface area contributed by atoms with Crippen molar-refractivity contribution < 1.29 is 9.26 Å². The van der Waals surface area contributed by atoms with Crippen LogP contribution in [0.1, 0.15) is 13.8 Å². The molecule has 1 fully saturated rings. The Kier molecular flexibility index (Phi) is 3.86. The molecule has 1 aromatic carbocycles. The van der Waals surface area contributed by atoms with Crippen molar-refractivity contribution in [3.63, 3.8) is 0 Å². The number of hydrogen-bond donors (Lipinski definition) is 0. The monoisotopic (exact) mass is 344 g/mol. The van der Waals surface area contributed by atoms with Crippen LogP contribution in [0.2, 0.25) is 5.02 Å². The zero-order valence-electron chi connectivity index (χ0n) is 13.4. The largest absolute Gasteiger partial charge is 0.372 e. The number of anilines is 1. The fourth-order valence-electron chi connectivity index (χ4n) is 3.20. The summed E-state index contributed by atoms with van der Waals surface area (Å²) in [5, 5.41) is 5.56. The Morgan fingerprint density at radius 2 is 1.96 bits per heavy atom. The summed E-state index contributed by atoms with van der Waals surface area (Å²) in [5.74, 6) is 0. The molecule has 2 atom stereocenters. The van der Waals surface area contributed by atoms with Crippen molar-refractivity contribution in [2.24, 2.45) is 0 Å². The number of halogens is 1. The summed E-state index contributed by atoms with van der Waals surface area (Å²) < 4.78 is 11.3. The molecule has 4 rings (SSSR count). The zero-order valence-corrected chi connectivity index (χ0v) is 14.2. The van der Waals surface area contributed by atoms with Gasteiger partial charge in [0, 0.05) is 19.3 Å². The summed E-state index contributed by atoms with van der Waals surface area (Å²) in [7, 11) is 0. The summed E-state index contributed by atoms with van der Waals surface area (Å²) in [4.78, 5) is 10.4. The second-order valence-electron chi connectivity index (χ2n) is 6.06. The van der Waals surface area contributed by atoms with Crippen LogP contribution in [0.5, 0.6) is 0 Å². The van der Waals surface area contributed by atoms with Crippen molar-refractivity contribution in [2.45, 2.75) is 26.1 Å². The van der Waals surface area contributed by atoms with Crippen LogP contribution in [0.3, 0.4) is 0 Å². The Morgan fingerprint density at radius 1 is 1.17 bits per heavy atom. The highest BCUT2D eigenvalue weighted by Gasteiger charge is 2.26. The van der Waals surface area contributed by atoms with Gasteiger partial charge in [0.1, 0.15) is 17.0 Å². The average Bonchev–Trinajstić information content (AvgIpc) is 3.00. The number of benzene rings is 1. The van der Waals surface area contributed by atoms with Crippen LogP contribution in [-0.4, -0.2) is 40.4 Å². The smallest absolute Gasteiger partial charge is 0.188 e. The first-order chi connectivity index (χ1) is 11.6. The maximum atomic E-state index is 6.62. The van der Waals surface area contributed by atoms with E-state index in [1.807, 2.05) is 12.1 Å². The van der Waals surface area contributed by atoms with E-state index in [2.05, 4.69) is 33.9 Å². The van der Waals surface area contributed by atoms with Gasteiger partial charge in [-0.2, -0.15) is 0 Å². The molecule has 0 amide bonds. The number of hydrogen-bond acceptors (Lipinski definition) is 6. The summed E-state index contributed by atoms with van der Waals surface area (Å²) in [6, 6.07) is 5.79. The molecule has 6 nitrogen and oxygen atoms in total. The lowest BCUT2D eigenvalue weighted by Crippen LogP contribution is -2.45. The van der Waals surface area contributed by atoms with Gasteiger partial charge in [0.05, 0.1) is 29.0 Å². The lowest BCUT2D eigenvalue weighted by atomic mass is 10.1. The van der Waals surface area contributed by atoms with Crippen LogP contribution in [0, 0.1) is 0 Å². The molecule has 1 saturated heterocycles. The molecule has 7 heteroatoms. The topological polar surface area (TPSA) is 64.3 Å². The van der Waals surface area contributed by atoms with Crippen LogP contribution in [0.25, 0.3) is 22.4 Å². The Hall–Kier alpha value is -2.18. The number of nitrogens with zero attached hydrogens (tertiary/aromatic N) is 4.